The van der Waals surface area contributed by atoms with Gasteiger partial charge < -0.3 is 44.5 Å². The third kappa shape index (κ3) is 3.43. The summed E-state index contributed by atoms with van der Waals surface area (Å²) in [4.78, 5) is 0. The maximum absolute atomic E-state index is 11.8. The lowest BCUT2D eigenvalue weighted by Crippen LogP contribution is -2.63. The highest BCUT2D eigenvalue weighted by Crippen LogP contribution is 2.89. The summed E-state index contributed by atoms with van der Waals surface area (Å²) in [6.07, 6.45) is 2.41. The maximum atomic E-state index is 11.8. The summed E-state index contributed by atoms with van der Waals surface area (Å²) in [7, 11) is 0. The van der Waals surface area contributed by atoms with Crippen LogP contribution in [-0.4, -0.2) is 92.5 Å². The predicted molar refractivity (Wildman–Crippen MR) is 159 cm³/mol. The molecule has 250 valence electrons. The van der Waals surface area contributed by atoms with Gasteiger partial charge in [0.2, 0.25) is 5.79 Å². The summed E-state index contributed by atoms with van der Waals surface area (Å²) in [5.74, 6) is -0.258. The monoisotopic (exact) mass is 620 g/mol. The van der Waals surface area contributed by atoms with Crippen LogP contribution < -0.4 is 0 Å². The topological polar surface area (TPSA) is 138 Å². The molecule has 3 heterocycles. The van der Waals surface area contributed by atoms with E-state index in [1.807, 2.05) is 13.8 Å². The molecule has 0 bridgehead atoms. The molecule has 3 saturated heterocycles. The van der Waals surface area contributed by atoms with Crippen LogP contribution in [0.25, 0.3) is 0 Å². The molecular weight excluding hydrogens is 564 g/mol. The van der Waals surface area contributed by atoms with E-state index in [2.05, 4.69) is 34.6 Å². The number of rotatable bonds is 2. The number of fused-ring (bicyclic) bond motifs is 5. The first kappa shape index (κ1) is 30.9. The fourth-order valence-corrected chi connectivity index (χ4v) is 13.9. The van der Waals surface area contributed by atoms with E-state index < -0.39 is 48.2 Å². The van der Waals surface area contributed by atoms with Gasteiger partial charge in [0.15, 0.2) is 6.29 Å². The summed E-state index contributed by atoms with van der Waals surface area (Å²) in [6, 6.07) is 0. The van der Waals surface area contributed by atoms with Crippen molar-refractivity contribution >= 4 is 0 Å². The van der Waals surface area contributed by atoms with Gasteiger partial charge in [-0.3, -0.25) is 0 Å². The minimum Gasteiger partial charge on any atom is -0.388 e. The Morgan fingerprint density at radius 1 is 0.773 bits per heavy atom. The zero-order chi connectivity index (χ0) is 31.6. The van der Waals surface area contributed by atoms with Gasteiger partial charge in [0, 0.05) is 0 Å². The third-order valence-electron chi connectivity index (χ3n) is 16.1. The summed E-state index contributed by atoms with van der Waals surface area (Å²) in [6.45, 7) is 15.6. The lowest BCUT2D eigenvalue weighted by molar-refractivity contribution is -0.327. The number of aliphatic hydroxyl groups is 5. The molecule has 0 aromatic rings. The molecule has 9 nitrogen and oxygen atoms in total. The Hall–Kier alpha value is -0.360. The van der Waals surface area contributed by atoms with E-state index in [1.165, 1.54) is 12.8 Å². The minimum atomic E-state index is -1.67. The van der Waals surface area contributed by atoms with Gasteiger partial charge in [0.25, 0.3) is 0 Å². The molecule has 0 radical (unpaired) electrons. The third-order valence-corrected chi connectivity index (χ3v) is 16.1. The van der Waals surface area contributed by atoms with Crippen molar-refractivity contribution in [1.29, 1.82) is 0 Å². The molecule has 8 rings (SSSR count). The Labute approximate surface area is 262 Å². The maximum Gasteiger partial charge on any atom is 0.222 e. The van der Waals surface area contributed by atoms with Gasteiger partial charge >= 0.3 is 0 Å². The van der Waals surface area contributed by atoms with Crippen molar-refractivity contribution < 1.29 is 44.5 Å². The van der Waals surface area contributed by atoms with E-state index in [4.69, 9.17) is 18.9 Å². The molecule has 0 aromatic heterocycles. The van der Waals surface area contributed by atoms with Crippen molar-refractivity contribution in [3.63, 3.8) is 0 Å². The fourth-order valence-electron chi connectivity index (χ4n) is 13.9. The van der Waals surface area contributed by atoms with Crippen LogP contribution in [0.4, 0.5) is 0 Å². The first-order valence-corrected chi connectivity index (χ1v) is 17.5. The van der Waals surface area contributed by atoms with Gasteiger partial charge in [-0.1, -0.05) is 34.6 Å². The van der Waals surface area contributed by atoms with Crippen molar-refractivity contribution in [2.45, 2.75) is 160 Å². The van der Waals surface area contributed by atoms with E-state index in [0.29, 0.717) is 17.3 Å². The van der Waals surface area contributed by atoms with Gasteiger partial charge in [0.1, 0.15) is 30.5 Å². The Kier molecular flexibility index (Phi) is 6.33. The van der Waals surface area contributed by atoms with Crippen LogP contribution >= 0.6 is 0 Å². The number of hydrogen-bond acceptors (Lipinski definition) is 9. The Bertz CT molecular complexity index is 1210. The van der Waals surface area contributed by atoms with Crippen molar-refractivity contribution in [2.24, 2.45) is 50.7 Å². The van der Waals surface area contributed by atoms with Crippen molar-refractivity contribution in [1.82, 2.24) is 0 Å². The number of hydrogen-bond donors (Lipinski definition) is 5. The molecule has 8 fully saturated rings. The molecule has 0 aromatic carbocycles. The average molecular weight is 621 g/mol. The number of aliphatic hydroxyl groups excluding tert-OH is 4. The Balaban J connectivity index is 1.06. The van der Waals surface area contributed by atoms with Gasteiger partial charge in [-0.25, -0.2) is 0 Å². The molecule has 5 saturated carbocycles. The second-order valence-corrected chi connectivity index (χ2v) is 18.3. The molecule has 8 aliphatic rings. The van der Waals surface area contributed by atoms with Crippen LogP contribution in [0.15, 0.2) is 0 Å². The van der Waals surface area contributed by atoms with Crippen LogP contribution in [0, 0.1) is 50.7 Å². The highest BCUT2D eigenvalue weighted by atomic mass is 16.7. The SMILES string of the molecule is C[C@@H]1[C@@H]2[C@@H](C[C@@]3(C)[C@H]4CC[C@H]5C(C)(C)[C@@H](O[C@H]6OC[C@H](O)[C@@H](O)[C@@H]6O)CC[C@]56C[C@]46CC[C@@]23C)O[C@@]2(O)[C@H](O)C(C)(C)O[C@@H]12. The van der Waals surface area contributed by atoms with E-state index >= 15 is 0 Å². The first-order chi connectivity index (χ1) is 20.4. The lowest BCUT2D eigenvalue weighted by atomic mass is 9.41. The molecular formula is C35H56O9. The van der Waals surface area contributed by atoms with Crippen LogP contribution in [-0.2, 0) is 18.9 Å². The van der Waals surface area contributed by atoms with E-state index in [9.17, 15) is 25.5 Å². The summed E-state index contributed by atoms with van der Waals surface area (Å²) in [5.41, 5.74) is -0.280. The smallest absolute Gasteiger partial charge is 0.222 e. The first-order valence-electron chi connectivity index (χ1n) is 17.5. The summed E-state index contributed by atoms with van der Waals surface area (Å²) < 4.78 is 25.1. The highest BCUT2D eigenvalue weighted by Gasteiger charge is 2.84. The highest BCUT2D eigenvalue weighted by molar-refractivity contribution is 5.32. The quantitative estimate of drug-likeness (QED) is 0.295. The number of ether oxygens (including phenoxy) is 4. The lowest BCUT2D eigenvalue weighted by Gasteiger charge is -2.63. The van der Waals surface area contributed by atoms with Crippen LogP contribution in [0.1, 0.15) is 99.8 Å². The molecule has 0 amide bonds. The normalized spacial score (nSPS) is 63.3. The minimum absolute atomic E-state index is 0.0448. The molecule has 2 spiro atoms. The zero-order valence-electron chi connectivity index (χ0n) is 27.7. The summed E-state index contributed by atoms with van der Waals surface area (Å²) >= 11 is 0. The Morgan fingerprint density at radius 2 is 1.45 bits per heavy atom. The largest absolute Gasteiger partial charge is 0.388 e. The molecule has 5 aliphatic carbocycles. The average Bonchev–Trinajstić information content (AvgIpc) is 3.49. The Morgan fingerprint density at radius 3 is 2.18 bits per heavy atom. The second kappa shape index (κ2) is 9.00. The van der Waals surface area contributed by atoms with E-state index in [-0.39, 0.29) is 52.3 Å². The molecule has 5 N–H and O–H groups in total. The van der Waals surface area contributed by atoms with E-state index in [1.54, 1.807) is 0 Å². The van der Waals surface area contributed by atoms with E-state index in [0.717, 1.165) is 38.5 Å². The standard InChI is InChI=1S/C35H56O9/c1-17-23-19(43-35(40)26(17)44-30(4,5)28(35)39)14-32(7)21-9-8-20-29(2,3)22(42-27-25(38)24(37)18(36)15-41-27)10-11-33(20)16-34(21,33)13-12-31(23,32)6/h17-28,36-40H,8-16H2,1-7H3/t17-,18+,19-,20+,21-,22+,23-,24-,25+,26+,27-,28-,31+,32+,33+,34-,35-/m1/s1. The van der Waals surface area contributed by atoms with Crippen molar-refractivity contribution in [3.8, 4) is 0 Å². The van der Waals surface area contributed by atoms with Crippen LogP contribution in [0.3, 0.4) is 0 Å². The van der Waals surface area contributed by atoms with Crippen molar-refractivity contribution in [2.75, 3.05) is 6.61 Å². The van der Waals surface area contributed by atoms with Gasteiger partial charge in [-0.15, -0.1) is 0 Å². The van der Waals surface area contributed by atoms with Gasteiger partial charge in [-0.05, 0) is 116 Å². The van der Waals surface area contributed by atoms with Crippen LogP contribution in [0.5, 0.6) is 0 Å². The second-order valence-electron chi connectivity index (χ2n) is 18.3. The predicted octanol–water partition coefficient (Wildman–Crippen LogP) is 3.12. The fraction of sp³-hybridized carbons (Fsp3) is 1.00. The molecule has 17 atom stereocenters. The van der Waals surface area contributed by atoms with Crippen molar-refractivity contribution in [3.05, 3.63) is 0 Å². The van der Waals surface area contributed by atoms with Crippen LogP contribution in [0.2, 0.25) is 0 Å². The van der Waals surface area contributed by atoms with Gasteiger partial charge in [0.05, 0.1) is 24.4 Å². The molecule has 3 aliphatic heterocycles. The molecule has 44 heavy (non-hydrogen) atoms. The molecule has 0 unspecified atom stereocenters. The van der Waals surface area contributed by atoms with Gasteiger partial charge in [-0.2, -0.15) is 0 Å². The zero-order valence-corrected chi connectivity index (χ0v) is 27.7. The molecule has 9 heteroatoms. The summed E-state index contributed by atoms with van der Waals surface area (Å²) in [5, 5.41) is 53.7.